The Morgan fingerprint density at radius 1 is 1.44 bits per heavy atom. The summed E-state index contributed by atoms with van der Waals surface area (Å²) < 4.78 is 7.18. The predicted octanol–water partition coefficient (Wildman–Crippen LogP) is 1.99. The van der Waals surface area contributed by atoms with E-state index < -0.39 is 0 Å². The van der Waals surface area contributed by atoms with Crippen LogP contribution in [0.25, 0.3) is 0 Å². The van der Waals surface area contributed by atoms with E-state index in [4.69, 9.17) is 16.3 Å². The summed E-state index contributed by atoms with van der Waals surface area (Å²) in [5.74, 6) is 0. The molecular weight excluding hydrogens is 226 g/mol. The lowest BCUT2D eigenvalue weighted by Crippen LogP contribution is -2.21. The van der Waals surface area contributed by atoms with Crippen molar-refractivity contribution < 1.29 is 4.74 Å². The van der Waals surface area contributed by atoms with Crippen LogP contribution in [0, 0.1) is 6.92 Å². The van der Waals surface area contributed by atoms with Gasteiger partial charge in [0, 0.05) is 26.2 Å². The van der Waals surface area contributed by atoms with E-state index in [2.05, 4.69) is 17.3 Å². The number of aromatic nitrogens is 2. The molecule has 0 bridgehead atoms. The van der Waals surface area contributed by atoms with Crippen LogP contribution in [0.15, 0.2) is 0 Å². The predicted molar refractivity (Wildman–Crippen MR) is 65.8 cm³/mol. The maximum Gasteiger partial charge on any atom is 0.0860 e. The first kappa shape index (κ1) is 13.5. The lowest BCUT2D eigenvalue weighted by molar-refractivity contribution is 0.149. The average Bonchev–Trinajstić information content (AvgIpc) is 2.56. The summed E-state index contributed by atoms with van der Waals surface area (Å²) in [6.45, 7) is 9.88. The Kier molecular flexibility index (Phi) is 5.80. The molecule has 0 aromatic carbocycles. The van der Waals surface area contributed by atoms with Gasteiger partial charge in [-0.3, -0.25) is 4.68 Å². The third-order valence-corrected chi connectivity index (χ3v) is 2.86. The average molecular weight is 246 g/mol. The van der Waals surface area contributed by atoms with Gasteiger partial charge in [0.2, 0.25) is 0 Å². The Bertz CT molecular complexity index is 325. The molecule has 5 heteroatoms. The molecule has 0 radical (unpaired) electrons. The Labute approximate surface area is 102 Å². The van der Waals surface area contributed by atoms with Crippen molar-refractivity contribution >= 4 is 11.6 Å². The summed E-state index contributed by atoms with van der Waals surface area (Å²) in [5, 5.41) is 8.42. The minimum atomic E-state index is 0.730. The van der Waals surface area contributed by atoms with Crippen LogP contribution in [0.1, 0.15) is 25.2 Å². The molecule has 1 N–H and O–H groups in total. The van der Waals surface area contributed by atoms with Crippen molar-refractivity contribution in [2.45, 2.75) is 33.9 Å². The number of halogens is 1. The second-order valence-corrected chi connectivity index (χ2v) is 3.91. The maximum absolute atomic E-state index is 6.18. The van der Waals surface area contributed by atoms with Crippen LogP contribution in [0.3, 0.4) is 0 Å². The fourth-order valence-electron chi connectivity index (χ4n) is 1.53. The largest absolute Gasteiger partial charge is 0.380 e. The van der Waals surface area contributed by atoms with Crippen LogP contribution >= 0.6 is 11.6 Å². The lowest BCUT2D eigenvalue weighted by Gasteiger charge is -2.07. The fourth-order valence-corrected chi connectivity index (χ4v) is 1.74. The number of aryl methyl sites for hydroxylation is 2. The molecule has 0 aliphatic heterocycles. The highest BCUT2D eigenvalue weighted by molar-refractivity contribution is 6.31. The molecule has 0 fully saturated rings. The highest BCUT2D eigenvalue weighted by Crippen LogP contribution is 2.19. The first-order chi connectivity index (χ1) is 7.70. The summed E-state index contributed by atoms with van der Waals surface area (Å²) in [6, 6.07) is 0. The van der Waals surface area contributed by atoms with E-state index in [1.165, 1.54) is 0 Å². The van der Waals surface area contributed by atoms with E-state index in [0.717, 1.165) is 49.3 Å². The highest BCUT2D eigenvalue weighted by atomic mass is 35.5. The van der Waals surface area contributed by atoms with Crippen molar-refractivity contribution in [1.29, 1.82) is 0 Å². The number of rotatable bonds is 7. The van der Waals surface area contributed by atoms with Gasteiger partial charge in [0.15, 0.2) is 0 Å². The Morgan fingerprint density at radius 2 is 2.19 bits per heavy atom. The first-order valence-electron chi connectivity index (χ1n) is 5.70. The first-order valence-corrected chi connectivity index (χ1v) is 6.08. The van der Waals surface area contributed by atoms with Crippen LogP contribution in [0.2, 0.25) is 5.02 Å². The molecule has 92 valence electrons. The SMILES string of the molecule is CCOCCNCc1c(Cl)c(C)nn1CC. The van der Waals surface area contributed by atoms with Gasteiger partial charge in [-0.15, -0.1) is 0 Å². The zero-order valence-corrected chi connectivity index (χ0v) is 11.0. The van der Waals surface area contributed by atoms with Gasteiger partial charge < -0.3 is 10.1 Å². The summed E-state index contributed by atoms with van der Waals surface area (Å²) >= 11 is 6.18. The second-order valence-electron chi connectivity index (χ2n) is 3.54. The second kappa shape index (κ2) is 6.89. The molecule has 0 aliphatic carbocycles. The molecule has 0 aliphatic rings. The fraction of sp³-hybridized carbons (Fsp3) is 0.727. The van der Waals surface area contributed by atoms with E-state index >= 15 is 0 Å². The Hall–Kier alpha value is -0.580. The van der Waals surface area contributed by atoms with Gasteiger partial charge in [0.25, 0.3) is 0 Å². The van der Waals surface area contributed by atoms with Crippen molar-refractivity contribution in [2.75, 3.05) is 19.8 Å². The summed E-state index contributed by atoms with van der Waals surface area (Å²) in [6.07, 6.45) is 0. The standard InChI is InChI=1S/C11H20ClN3O/c1-4-15-10(11(12)9(3)14-15)8-13-6-7-16-5-2/h13H,4-8H2,1-3H3. The van der Waals surface area contributed by atoms with Gasteiger partial charge in [-0.05, 0) is 20.8 Å². The number of nitrogens with zero attached hydrogens (tertiary/aromatic N) is 2. The van der Waals surface area contributed by atoms with Gasteiger partial charge in [0.05, 0.1) is 23.0 Å². The number of hydrogen-bond donors (Lipinski definition) is 1. The van der Waals surface area contributed by atoms with Crippen LogP contribution in [0.5, 0.6) is 0 Å². The molecule has 4 nitrogen and oxygen atoms in total. The Balaban J connectivity index is 2.46. The number of hydrogen-bond acceptors (Lipinski definition) is 3. The molecule has 1 heterocycles. The zero-order valence-electron chi connectivity index (χ0n) is 10.2. The molecule has 1 aromatic rings. The van der Waals surface area contributed by atoms with Crippen LogP contribution < -0.4 is 5.32 Å². The van der Waals surface area contributed by atoms with Crippen LogP contribution in [-0.4, -0.2) is 29.5 Å². The monoisotopic (exact) mass is 245 g/mol. The van der Waals surface area contributed by atoms with Gasteiger partial charge in [-0.1, -0.05) is 11.6 Å². The number of nitrogens with one attached hydrogen (secondary N) is 1. The molecule has 1 aromatic heterocycles. The van der Waals surface area contributed by atoms with Crippen molar-refractivity contribution in [3.63, 3.8) is 0 Å². The summed E-state index contributed by atoms with van der Waals surface area (Å²) in [5.41, 5.74) is 1.95. The molecule has 0 saturated carbocycles. The van der Waals surface area contributed by atoms with Crippen LogP contribution in [0.4, 0.5) is 0 Å². The highest BCUT2D eigenvalue weighted by Gasteiger charge is 2.11. The molecule has 0 spiro atoms. The summed E-state index contributed by atoms with van der Waals surface area (Å²) in [7, 11) is 0. The van der Waals surface area contributed by atoms with Gasteiger partial charge in [0.1, 0.15) is 0 Å². The molecule has 16 heavy (non-hydrogen) atoms. The minimum absolute atomic E-state index is 0.730. The van der Waals surface area contributed by atoms with E-state index in [1.807, 2.05) is 18.5 Å². The van der Waals surface area contributed by atoms with Crippen molar-refractivity contribution in [1.82, 2.24) is 15.1 Å². The molecule has 0 unspecified atom stereocenters. The molecular formula is C11H20ClN3O. The molecule has 1 rings (SSSR count). The maximum atomic E-state index is 6.18. The van der Waals surface area contributed by atoms with Crippen molar-refractivity contribution in [3.8, 4) is 0 Å². The van der Waals surface area contributed by atoms with Crippen LogP contribution in [-0.2, 0) is 17.8 Å². The smallest absolute Gasteiger partial charge is 0.0860 e. The van der Waals surface area contributed by atoms with E-state index in [9.17, 15) is 0 Å². The summed E-state index contributed by atoms with van der Waals surface area (Å²) in [4.78, 5) is 0. The number of ether oxygens (including phenoxy) is 1. The van der Waals surface area contributed by atoms with E-state index in [0.29, 0.717) is 0 Å². The molecule has 0 atom stereocenters. The lowest BCUT2D eigenvalue weighted by atomic mass is 10.3. The van der Waals surface area contributed by atoms with Gasteiger partial charge in [-0.25, -0.2) is 0 Å². The quantitative estimate of drug-likeness (QED) is 0.747. The van der Waals surface area contributed by atoms with Gasteiger partial charge in [-0.2, -0.15) is 5.10 Å². The minimum Gasteiger partial charge on any atom is -0.380 e. The Morgan fingerprint density at radius 3 is 2.81 bits per heavy atom. The third kappa shape index (κ3) is 3.47. The molecule has 0 amide bonds. The van der Waals surface area contributed by atoms with E-state index in [-0.39, 0.29) is 0 Å². The zero-order chi connectivity index (χ0) is 12.0. The van der Waals surface area contributed by atoms with Gasteiger partial charge >= 0.3 is 0 Å². The van der Waals surface area contributed by atoms with Crippen molar-refractivity contribution in [2.24, 2.45) is 0 Å². The van der Waals surface area contributed by atoms with E-state index in [1.54, 1.807) is 0 Å². The molecule has 0 saturated heterocycles. The normalized spacial score (nSPS) is 11.0. The van der Waals surface area contributed by atoms with Crippen molar-refractivity contribution in [3.05, 3.63) is 16.4 Å². The third-order valence-electron chi connectivity index (χ3n) is 2.37. The topological polar surface area (TPSA) is 39.1 Å².